The number of rotatable bonds is 5. The number of halogens is 1. The Hall–Kier alpha value is -2.10. The first kappa shape index (κ1) is 22.6. The maximum Gasteiger partial charge on any atom is 0.222 e. The zero-order chi connectivity index (χ0) is 20.2. The first-order chi connectivity index (χ1) is 14.2. The van der Waals surface area contributed by atoms with Gasteiger partial charge in [-0.25, -0.2) is 4.68 Å². The molecule has 1 aromatic carbocycles. The molecule has 2 N–H and O–H groups in total. The van der Waals surface area contributed by atoms with Crippen LogP contribution in [0.4, 0.5) is 0 Å². The number of nitrogens with one attached hydrogen (secondary N) is 2. The summed E-state index contributed by atoms with van der Waals surface area (Å²) < 4.78 is 2.10. The van der Waals surface area contributed by atoms with Gasteiger partial charge in [-0.2, -0.15) is 5.10 Å². The summed E-state index contributed by atoms with van der Waals surface area (Å²) in [5, 5.41) is 11.8. The van der Waals surface area contributed by atoms with Gasteiger partial charge in [-0.3, -0.25) is 9.79 Å². The van der Waals surface area contributed by atoms with E-state index in [1.54, 1.807) is 7.05 Å². The van der Waals surface area contributed by atoms with Crippen molar-refractivity contribution in [3.05, 3.63) is 47.3 Å². The molecule has 162 valence electrons. The zero-order valence-electron chi connectivity index (χ0n) is 17.7. The Morgan fingerprint density at radius 3 is 2.80 bits per heavy atom. The molecule has 1 aliphatic heterocycles. The molecule has 1 fully saturated rings. The topological polar surface area (TPSA) is 74.6 Å². The zero-order valence-corrected chi connectivity index (χ0v) is 20.1. The van der Waals surface area contributed by atoms with Crippen LogP contribution in [-0.4, -0.2) is 52.7 Å². The monoisotopic (exact) mass is 522 g/mol. The van der Waals surface area contributed by atoms with E-state index in [0.29, 0.717) is 13.0 Å². The fourth-order valence-electron chi connectivity index (χ4n) is 4.32. The molecule has 8 heteroatoms. The Balaban J connectivity index is 0.00000256. The van der Waals surface area contributed by atoms with Crippen LogP contribution in [0.2, 0.25) is 0 Å². The lowest BCUT2D eigenvalue weighted by Gasteiger charge is -2.18. The number of fused-ring (bicyclic) bond motifs is 1. The van der Waals surface area contributed by atoms with Gasteiger partial charge in [0.2, 0.25) is 5.91 Å². The lowest BCUT2D eigenvalue weighted by molar-refractivity contribution is -0.129. The van der Waals surface area contributed by atoms with Crippen LogP contribution in [-0.2, 0) is 24.2 Å². The van der Waals surface area contributed by atoms with E-state index in [2.05, 4.69) is 44.6 Å². The van der Waals surface area contributed by atoms with Crippen molar-refractivity contribution in [3.8, 4) is 5.69 Å². The van der Waals surface area contributed by atoms with E-state index in [0.717, 1.165) is 49.7 Å². The molecule has 1 amide bonds. The lowest BCUT2D eigenvalue weighted by Crippen LogP contribution is -2.44. The fraction of sp³-hybridized carbons (Fsp3) is 0.500. The summed E-state index contributed by atoms with van der Waals surface area (Å²) in [4.78, 5) is 18.2. The third-order valence-corrected chi connectivity index (χ3v) is 5.85. The molecule has 4 rings (SSSR count). The van der Waals surface area contributed by atoms with Crippen LogP contribution < -0.4 is 10.6 Å². The minimum absolute atomic E-state index is 0. The van der Waals surface area contributed by atoms with Crippen molar-refractivity contribution in [1.29, 1.82) is 0 Å². The molecule has 0 spiro atoms. The van der Waals surface area contributed by atoms with Crippen molar-refractivity contribution in [3.63, 3.8) is 0 Å². The van der Waals surface area contributed by atoms with E-state index in [4.69, 9.17) is 5.10 Å². The summed E-state index contributed by atoms with van der Waals surface area (Å²) in [6, 6.07) is 10.6. The van der Waals surface area contributed by atoms with E-state index in [-0.39, 0.29) is 35.9 Å². The van der Waals surface area contributed by atoms with Gasteiger partial charge in [-0.1, -0.05) is 25.1 Å². The number of likely N-dealkylation sites (tertiary alicyclic amines) is 1. The highest BCUT2D eigenvalue weighted by Crippen LogP contribution is 2.27. The quantitative estimate of drug-likeness (QED) is 0.360. The molecule has 1 unspecified atom stereocenters. The first-order valence-electron chi connectivity index (χ1n) is 10.6. The van der Waals surface area contributed by atoms with Crippen LogP contribution in [0.1, 0.15) is 43.1 Å². The number of benzene rings is 1. The number of para-hydroxylation sites is 1. The van der Waals surface area contributed by atoms with E-state index in [9.17, 15) is 4.79 Å². The Bertz CT molecular complexity index is 895. The molecule has 7 nitrogen and oxygen atoms in total. The number of carbonyl (C=O) groups excluding carboxylic acids is 1. The van der Waals surface area contributed by atoms with Crippen molar-refractivity contribution >= 4 is 35.8 Å². The third kappa shape index (κ3) is 4.79. The van der Waals surface area contributed by atoms with Crippen LogP contribution in [0.5, 0.6) is 0 Å². The number of hydrogen-bond acceptors (Lipinski definition) is 3. The molecule has 0 radical (unpaired) electrons. The van der Waals surface area contributed by atoms with E-state index < -0.39 is 0 Å². The van der Waals surface area contributed by atoms with Gasteiger partial charge in [0.1, 0.15) is 0 Å². The highest BCUT2D eigenvalue weighted by atomic mass is 127. The largest absolute Gasteiger partial charge is 0.352 e. The minimum Gasteiger partial charge on any atom is -0.352 e. The van der Waals surface area contributed by atoms with Gasteiger partial charge in [0.05, 0.1) is 17.9 Å². The fourth-order valence-corrected chi connectivity index (χ4v) is 4.32. The molecule has 1 aliphatic carbocycles. The number of aliphatic imine (C=N–C) groups is 1. The van der Waals surface area contributed by atoms with Crippen molar-refractivity contribution < 1.29 is 4.79 Å². The molecule has 30 heavy (non-hydrogen) atoms. The van der Waals surface area contributed by atoms with Crippen LogP contribution in [0.25, 0.3) is 5.69 Å². The predicted molar refractivity (Wildman–Crippen MR) is 130 cm³/mol. The highest BCUT2D eigenvalue weighted by molar-refractivity contribution is 14.0. The molecule has 2 aromatic rings. The highest BCUT2D eigenvalue weighted by Gasteiger charge is 2.26. The second kappa shape index (κ2) is 10.3. The molecule has 2 aliphatic rings. The Labute approximate surface area is 195 Å². The summed E-state index contributed by atoms with van der Waals surface area (Å²) in [6.07, 6.45) is 4.86. The number of nitrogens with zero attached hydrogens (tertiary/aromatic N) is 4. The van der Waals surface area contributed by atoms with Gasteiger partial charge < -0.3 is 15.5 Å². The van der Waals surface area contributed by atoms with Crippen LogP contribution >= 0.6 is 24.0 Å². The van der Waals surface area contributed by atoms with Gasteiger partial charge in [-0.15, -0.1) is 24.0 Å². The van der Waals surface area contributed by atoms with Crippen LogP contribution in [0, 0.1) is 0 Å². The van der Waals surface area contributed by atoms with Crippen molar-refractivity contribution in [2.45, 2.75) is 51.6 Å². The Morgan fingerprint density at radius 2 is 2.07 bits per heavy atom. The predicted octanol–water partition coefficient (Wildman–Crippen LogP) is 2.65. The summed E-state index contributed by atoms with van der Waals surface area (Å²) in [6.45, 7) is 4.12. The van der Waals surface area contributed by atoms with Crippen LogP contribution in [0.15, 0.2) is 35.3 Å². The molecule has 1 atom stereocenters. The van der Waals surface area contributed by atoms with Gasteiger partial charge in [0, 0.05) is 38.3 Å². The first-order valence-corrected chi connectivity index (χ1v) is 10.6. The maximum atomic E-state index is 11.9. The third-order valence-electron chi connectivity index (χ3n) is 5.85. The Morgan fingerprint density at radius 1 is 1.27 bits per heavy atom. The Kier molecular flexibility index (Phi) is 7.74. The molecule has 1 aromatic heterocycles. The molecular formula is C22H31IN6O. The standard InChI is InChI=1S/C22H30N6O.HI/c1-3-21(29)27-13-12-16(15-27)25-22(23-2)24-14-19-18-10-7-11-20(18)28(26-19)17-8-5-4-6-9-17;/h4-6,8-9,16H,3,7,10-15H2,1-2H3,(H2,23,24,25);1H. The molecule has 2 heterocycles. The minimum atomic E-state index is 0. The molecule has 0 bridgehead atoms. The van der Waals surface area contributed by atoms with Gasteiger partial charge in [0.25, 0.3) is 0 Å². The molecular weight excluding hydrogens is 491 g/mol. The number of aromatic nitrogens is 2. The van der Waals surface area contributed by atoms with Crippen molar-refractivity contribution in [2.24, 2.45) is 4.99 Å². The number of guanidine groups is 1. The number of amides is 1. The SMILES string of the molecule is CCC(=O)N1CCC(NC(=NC)NCc2nn(-c3ccccc3)c3c2CCC3)C1.I. The van der Waals surface area contributed by atoms with E-state index in [1.807, 2.05) is 17.9 Å². The summed E-state index contributed by atoms with van der Waals surface area (Å²) in [5.41, 5.74) is 4.92. The van der Waals surface area contributed by atoms with Gasteiger partial charge in [0.15, 0.2) is 5.96 Å². The average molecular weight is 522 g/mol. The van der Waals surface area contributed by atoms with E-state index >= 15 is 0 Å². The molecule has 1 saturated heterocycles. The maximum absolute atomic E-state index is 11.9. The smallest absolute Gasteiger partial charge is 0.222 e. The summed E-state index contributed by atoms with van der Waals surface area (Å²) in [5.74, 6) is 0.987. The van der Waals surface area contributed by atoms with Crippen LogP contribution in [0.3, 0.4) is 0 Å². The summed E-state index contributed by atoms with van der Waals surface area (Å²) in [7, 11) is 1.78. The van der Waals surface area contributed by atoms with E-state index in [1.165, 1.54) is 17.7 Å². The molecule has 0 saturated carbocycles. The van der Waals surface area contributed by atoms with Gasteiger partial charge in [-0.05, 0) is 43.4 Å². The summed E-state index contributed by atoms with van der Waals surface area (Å²) >= 11 is 0. The second-order valence-electron chi connectivity index (χ2n) is 7.72. The van der Waals surface area contributed by atoms with Gasteiger partial charge >= 0.3 is 0 Å². The number of hydrogen-bond donors (Lipinski definition) is 2. The normalized spacial score (nSPS) is 18.1. The van der Waals surface area contributed by atoms with Crippen molar-refractivity contribution in [1.82, 2.24) is 25.3 Å². The second-order valence-corrected chi connectivity index (χ2v) is 7.72. The number of carbonyl (C=O) groups is 1. The average Bonchev–Trinajstić information content (AvgIpc) is 3.48. The lowest BCUT2D eigenvalue weighted by atomic mass is 10.2. The van der Waals surface area contributed by atoms with Crippen molar-refractivity contribution in [2.75, 3.05) is 20.1 Å².